The van der Waals surface area contributed by atoms with Crippen LogP contribution in [0.2, 0.25) is 0 Å². The quantitative estimate of drug-likeness (QED) is 0.832. The van der Waals surface area contributed by atoms with Crippen molar-refractivity contribution >= 4 is 0 Å². The molecule has 2 aromatic rings. The Morgan fingerprint density at radius 1 is 1.05 bits per heavy atom. The minimum absolute atomic E-state index is 0.498. The molecule has 2 rings (SSSR count). The highest BCUT2D eigenvalue weighted by Crippen LogP contribution is 2.30. The lowest BCUT2D eigenvalue weighted by atomic mass is 10.1. The summed E-state index contributed by atoms with van der Waals surface area (Å²) in [7, 11) is 1.70. The summed E-state index contributed by atoms with van der Waals surface area (Å²) in [5.41, 5.74) is 2.04. The summed E-state index contributed by atoms with van der Waals surface area (Å²) in [5.74, 6) is 1.48. The van der Waals surface area contributed by atoms with Crippen LogP contribution < -0.4 is 4.74 Å². The number of aliphatic hydroxyl groups excluding tert-OH is 1. The molecule has 0 bridgehead atoms. The average molecular weight is 286 g/mol. The predicted molar refractivity (Wildman–Crippen MR) is 83.8 cm³/mol. The summed E-state index contributed by atoms with van der Waals surface area (Å²) >= 11 is 0. The maximum atomic E-state index is 10.0. The summed E-state index contributed by atoms with van der Waals surface area (Å²) in [6.45, 7) is 2.66. The van der Waals surface area contributed by atoms with E-state index in [0.29, 0.717) is 18.8 Å². The van der Waals surface area contributed by atoms with Crippen LogP contribution in [-0.4, -0.2) is 18.8 Å². The molecule has 0 saturated carbocycles. The second kappa shape index (κ2) is 7.81. The molecule has 0 aliphatic carbocycles. The smallest absolute Gasteiger partial charge is 0.133 e. The first-order valence-electron chi connectivity index (χ1n) is 7.27. The van der Waals surface area contributed by atoms with E-state index in [9.17, 15) is 5.11 Å². The molecule has 0 radical (unpaired) electrons. The first kappa shape index (κ1) is 15.5. The molecule has 0 fully saturated rings. The Kier molecular flexibility index (Phi) is 5.78. The number of benzene rings is 2. The van der Waals surface area contributed by atoms with Gasteiger partial charge in [-0.3, -0.25) is 0 Å². The summed E-state index contributed by atoms with van der Waals surface area (Å²) < 4.78 is 11.0. The Morgan fingerprint density at radius 3 is 2.43 bits per heavy atom. The third kappa shape index (κ3) is 4.31. The topological polar surface area (TPSA) is 38.7 Å². The Bertz CT molecular complexity index is 549. The van der Waals surface area contributed by atoms with Gasteiger partial charge in [0.1, 0.15) is 11.5 Å². The van der Waals surface area contributed by atoms with Gasteiger partial charge in [0, 0.05) is 12.7 Å². The molecule has 3 nitrogen and oxygen atoms in total. The van der Waals surface area contributed by atoms with Crippen molar-refractivity contribution < 1.29 is 14.6 Å². The minimum Gasteiger partial charge on any atom is -0.457 e. The van der Waals surface area contributed by atoms with Crippen LogP contribution in [0, 0.1) is 0 Å². The second-order valence-electron chi connectivity index (χ2n) is 4.95. The van der Waals surface area contributed by atoms with E-state index in [0.717, 1.165) is 17.7 Å². The fourth-order valence-electron chi connectivity index (χ4n) is 2.14. The zero-order valence-electron chi connectivity index (χ0n) is 12.6. The summed E-state index contributed by atoms with van der Waals surface area (Å²) in [5, 5.41) is 10.0. The van der Waals surface area contributed by atoms with Crippen molar-refractivity contribution in [3.05, 3.63) is 59.7 Å². The van der Waals surface area contributed by atoms with Crippen molar-refractivity contribution in [1.82, 2.24) is 0 Å². The largest absolute Gasteiger partial charge is 0.457 e. The number of rotatable bonds is 7. The number of hydrogen-bond acceptors (Lipinski definition) is 3. The van der Waals surface area contributed by atoms with Crippen molar-refractivity contribution in [3.63, 3.8) is 0 Å². The molecule has 0 aliphatic rings. The van der Waals surface area contributed by atoms with Crippen LogP contribution in [0.1, 0.15) is 30.6 Å². The van der Waals surface area contributed by atoms with Gasteiger partial charge in [-0.1, -0.05) is 37.3 Å². The molecular weight excluding hydrogens is 264 g/mol. The summed E-state index contributed by atoms with van der Waals surface area (Å²) in [6.07, 6.45) is 1.06. The predicted octanol–water partition coefficient (Wildman–Crippen LogP) is 4.11. The fraction of sp³-hybridized carbons (Fsp3) is 0.333. The third-order valence-corrected chi connectivity index (χ3v) is 3.41. The van der Waals surface area contributed by atoms with Gasteiger partial charge in [0.2, 0.25) is 0 Å². The normalized spacial score (nSPS) is 12.1. The van der Waals surface area contributed by atoms with Crippen LogP contribution in [0.25, 0.3) is 0 Å². The van der Waals surface area contributed by atoms with Crippen LogP contribution in [0.4, 0.5) is 0 Å². The van der Waals surface area contributed by atoms with E-state index in [2.05, 4.69) is 0 Å². The van der Waals surface area contributed by atoms with Crippen molar-refractivity contribution in [2.75, 3.05) is 13.7 Å². The Balaban J connectivity index is 2.11. The monoisotopic (exact) mass is 286 g/mol. The molecule has 3 heteroatoms. The molecule has 112 valence electrons. The Labute approximate surface area is 126 Å². The number of methoxy groups -OCH3 is 1. The van der Waals surface area contributed by atoms with E-state index in [1.54, 1.807) is 7.11 Å². The van der Waals surface area contributed by atoms with Crippen LogP contribution in [0.3, 0.4) is 0 Å². The van der Waals surface area contributed by atoms with Crippen molar-refractivity contribution in [3.8, 4) is 11.5 Å². The number of aliphatic hydroxyl groups is 1. The molecule has 2 aromatic carbocycles. The lowest BCUT2D eigenvalue weighted by molar-refractivity contribution is 0.170. The number of ether oxygens (including phenoxy) is 2. The molecule has 0 saturated heterocycles. The highest BCUT2D eigenvalue weighted by Gasteiger charge is 2.11. The van der Waals surface area contributed by atoms with Crippen LogP contribution in [0.5, 0.6) is 11.5 Å². The summed E-state index contributed by atoms with van der Waals surface area (Å²) in [6, 6.07) is 15.6. The van der Waals surface area contributed by atoms with Crippen LogP contribution in [0.15, 0.2) is 48.5 Å². The SMILES string of the molecule is CCC(O)c1ccccc1Oc1ccc(CCOC)cc1. The molecule has 0 amide bonds. The summed E-state index contributed by atoms with van der Waals surface area (Å²) in [4.78, 5) is 0. The van der Waals surface area contributed by atoms with E-state index in [-0.39, 0.29) is 0 Å². The molecule has 0 aliphatic heterocycles. The van der Waals surface area contributed by atoms with E-state index in [1.807, 2.05) is 55.5 Å². The molecule has 1 atom stereocenters. The van der Waals surface area contributed by atoms with Gasteiger partial charge in [-0.2, -0.15) is 0 Å². The van der Waals surface area contributed by atoms with Gasteiger partial charge < -0.3 is 14.6 Å². The van der Waals surface area contributed by atoms with Gasteiger partial charge in [0.05, 0.1) is 12.7 Å². The Hall–Kier alpha value is -1.84. The molecular formula is C18H22O3. The van der Waals surface area contributed by atoms with Crippen molar-refractivity contribution in [2.24, 2.45) is 0 Å². The third-order valence-electron chi connectivity index (χ3n) is 3.41. The van der Waals surface area contributed by atoms with E-state index >= 15 is 0 Å². The lowest BCUT2D eigenvalue weighted by Crippen LogP contribution is -1.99. The van der Waals surface area contributed by atoms with Gasteiger partial charge in [-0.05, 0) is 36.6 Å². The first-order valence-corrected chi connectivity index (χ1v) is 7.27. The van der Waals surface area contributed by atoms with Gasteiger partial charge >= 0.3 is 0 Å². The van der Waals surface area contributed by atoms with E-state index < -0.39 is 6.10 Å². The van der Waals surface area contributed by atoms with E-state index in [4.69, 9.17) is 9.47 Å². The number of hydrogen-bond donors (Lipinski definition) is 1. The zero-order valence-corrected chi connectivity index (χ0v) is 12.6. The van der Waals surface area contributed by atoms with Crippen LogP contribution >= 0.6 is 0 Å². The molecule has 0 heterocycles. The van der Waals surface area contributed by atoms with Crippen molar-refractivity contribution in [2.45, 2.75) is 25.9 Å². The zero-order chi connectivity index (χ0) is 15.1. The first-order chi connectivity index (χ1) is 10.2. The number of para-hydroxylation sites is 1. The second-order valence-corrected chi connectivity index (χ2v) is 4.95. The molecule has 1 N–H and O–H groups in total. The van der Waals surface area contributed by atoms with Gasteiger partial charge in [0.15, 0.2) is 0 Å². The molecule has 0 aromatic heterocycles. The van der Waals surface area contributed by atoms with Gasteiger partial charge in [-0.15, -0.1) is 0 Å². The fourth-order valence-corrected chi connectivity index (χ4v) is 2.14. The highest BCUT2D eigenvalue weighted by atomic mass is 16.5. The van der Waals surface area contributed by atoms with E-state index in [1.165, 1.54) is 5.56 Å². The molecule has 0 spiro atoms. The van der Waals surface area contributed by atoms with Gasteiger partial charge in [0.25, 0.3) is 0 Å². The average Bonchev–Trinajstić information content (AvgIpc) is 2.54. The molecule has 1 unspecified atom stereocenters. The maximum Gasteiger partial charge on any atom is 0.133 e. The maximum absolute atomic E-state index is 10.0. The van der Waals surface area contributed by atoms with Gasteiger partial charge in [-0.25, -0.2) is 0 Å². The highest BCUT2D eigenvalue weighted by molar-refractivity contribution is 5.39. The molecule has 21 heavy (non-hydrogen) atoms. The lowest BCUT2D eigenvalue weighted by Gasteiger charge is -2.14. The van der Waals surface area contributed by atoms with Crippen molar-refractivity contribution in [1.29, 1.82) is 0 Å². The standard InChI is InChI=1S/C18H22O3/c1-3-17(19)16-6-4-5-7-18(16)21-15-10-8-14(9-11-15)12-13-20-2/h4-11,17,19H,3,12-13H2,1-2H3. The van der Waals surface area contributed by atoms with Crippen LogP contribution in [-0.2, 0) is 11.2 Å². The Morgan fingerprint density at radius 2 is 1.76 bits per heavy atom. The minimum atomic E-state index is -0.498.